The molecule has 8 nitrogen and oxygen atoms in total. The van der Waals surface area contributed by atoms with E-state index in [4.69, 9.17) is 4.74 Å². The molecule has 2 N–H and O–H groups in total. The van der Waals surface area contributed by atoms with Gasteiger partial charge in [-0.15, -0.1) is 0 Å². The normalized spacial score (nSPS) is 21.9. The van der Waals surface area contributed by atoms with Crippen LogP contribution in [0.15, 0.2) is 60.9 Å². The third-order valence-corrected chi connectivity index (χ3v) is 7.17. The predicted molar refractivity (Wildman–Crippen MR) is 146 cm³/mol. The van der Waals surface area contributed by atoms with Gasteiger partial charge in [0, 0.05) is 41.5 Å². The Kier molecular flexibility index (Phi) is 7.20. The summed E-state index contributed by atoms with van der Waals surface area (Å²) in [6.45, 7) is 4.22. The molecule has 0 radical (unpaired) electrons. The number of carbonyl (C=O) groups excluding carboxylic acids is 3. The first-order valence-corrected chi connectivity index (χ1v) is 13.3. The zero-order valence-corrected chi connectivity index (χ0v) is 22.6. The lowest BCUT2D eigenvalue weighted by Gasteiger charge is -2.39. The maximum Gasteiger partial charge on any atom is 0.410 e. The quantitative estimate of drug-likeness (QED) is 0.446. The van der Waals surface area contributed by atoms with Gasteiger partial charge < -0.3 is 20.3 Å². The summed E-state index contributed by atoms with van der Waals surface area (Å²) in [4.78, 5) is 43.1. The van der Waals surface area contributed by atoms with E-state index < -0.39 is 36.1 Å². The number of anilines is 1. The molecule has 210 valence electrons. The number of piperidine rings is 1. The first-order chi connectivity index (χ1) is 18.9. The van der Waals surface area contributed by atoms with Gasteiger partial charge in [0.25, 0.3) is 11.8 Å². The third-order valence-electron chi connectivity index (χ3n) is 7.17. The summed E-state index contributed by atoms with van der Waals surface area (Å²) in [6.07, 6.45) is 3.19. The van der Waals surface area contributed by atoms with E-state index in [1.807, 2.05) is 30.3 Å². The molecule has 2 aromatic carbocycles. The van der Waals surface area contributed by atoms with Crippen molar-refractivity contribution in [3.63, 3.8) is 0 Å². The number of likely N-dealkylation sites (tertiary alicyclic amines) is 1. The maximum atomic E-state index is 14.9. The fourth-order valence-electron chi connectivity index (χ4n) is 5.00. The van der Waals surface area contributed by atoms with Crippen LogP contribution in [-0.2, 0) is 9.53 Å². The number of hydrogen-bond acceptors (Lipinski definition) is 5. The highest BCUT2D eigenvalue weighted by Crippen LogP contribution is 2.48. The lowest BCUT2D eigenvalue weighted by Crippen LogP contribution is -2.59. The van der Waals surface area contributed by atoms with E-state index in [-0.39, 0.29) is 36.3 Å². The van der Waals surface area contributed by atoms with Crippen LogP contribution in [0.25, 0.3) is 10.8 Å². The fourth-order valence-corrected chi connectivity index (χ4v) is 5.00. The molecule has 1 unspecified atom stereocenters. The molecule has 40 heavy (non-hydrogen) atoms. The number of benzene rings is 2. The number of carbonyl (C=O) groups is 3. The van der Waals surface area contributed by atoms with Crippen molar-refractivity contribution in [3.05, 3.63) is 72.1 Å². The van der Waals surface area contributed by atoms with E-state index in [9.17, 15) is 23.2 Å². The predicted octanol–water partition coefficient (Wildman–Crippen LogP) is 5.35. The Labute approximate surface area is 231 Å². The summed E-state index contributed by atoms with van der Waals surface area (Å²) >= 11 is 0. The van der Waals surface area contributed by atoms with Crippen LogP contribution in [-0.4, -0.2) is 58.4 Å². The number of fused-ring (bicyclic) bond motifs is 1. The van der Waals surface area contributed by atoms with Gasteiger partial charge in [-0.2, -0.15) is 0 Å². The molecule has 3 amide bonds. The Bertz CT molecular complexity index is 1450. The van der Waals surface area contributed by atoms with Crippen molar-refractivity contribution < 1.29 is 27.9 Å². The van der Waals surface area contributed by atoms with E-state index in [1.54, 1.807) is 51.4 Å². The molecule has 1 saturated heterocycles. The number of pyridine rings is 1. The Morgan fingerprint density at radius 2 is 1.88 bits per heavy atom. The van der Waals surface area contributed by atoms with Gasteiger partial charge in [0.15, 0.2) is 0 Å². The standard InChI is InChI=1S/C30H32F2N4O4/c1-29(2,3)40-28(39)36-12-10-25(30(31,32)17-36)35-26(37)20-6-4-5-19(13-20)23-15-24(23)27(38)34-22-8-7-21-16-33-11-9-18(21)14-22/h4-9,11,13-14,16,23-25H,10,12,15,17H2,1-3H3,(H,34,38)(H,35,37)/t23-,24+,25?/m0/s1. The molecule has 2 heterocycles. The number of aromatic nitrogens is 1. The second kappa shape index (κ2) is 10.5. The van der Waals surface area contributed by atoms with Crippen LogP contribution in [0.4, 0.5) is 19.3 Å². The van der Waals surface area contributed by atoms with Gasteiger partial charge in [0.1, 0.15) is 5.60 Å². The van der Waals surface area contributed by atoms with Gasteiger partial charge in [0.2, 0.25) is 5.91 Å². The summed E-state index contributed by atoms with van der Waals surface area (Å²) in [5.74, 6) is -4.35. The van der Waals surface area contributed by atoms with E-state index in [0.29, 0.717) is 12.1 Å². The SMILES string of the molecule is CC(C)(C)OC(=O)N1CCC(NC(=O)c2cccc([C@@H]3C[C@H]3C(=O)Nc3ccc4cnccc4c3)c2)C(F)(F)C1. The molecule has 0 bridgehead atoms. The maximum absolute atomic E-state index is 14.9. The Hall–Kier alpha value is -4.08. The van der Waals surface area contributed by atoms with Crippen LogP contribution in [0.3, 0.4) is 0 Å². The molecule has 1 aromatic heterocycles. The molecule has 2 aliphatic rings. The Balaban J connectivity index is 1.18. The van der Waals surface area contributed by atoms with E-state index in [0.717, 1.165) is 21.2 Å². The van der Waals surface area contributed by atoms with Gasteiger partial charge in [0.05, 0.1) is 12.6 Å². The van der Waals surface area contributed by atoms with Gasteiger partial charge in [-0.25, -0.2) is 13.6 Å². The van der Waals surface area contributed by atoms with Crippen molar-refractivity contribution >= 4 is 34.4 Å². The zero-order valence-electron chi connectivity index (χ0n) is 22.6. The summed E-state index contributed by atoms with van der Waals surface area (Å²) in [7, 11) is 0. The molecule has 1 aliphatic carbocycles. The number of halogens is 2. The molecule has 1 aliphatic heterocycles. The first-order valence-electron chi connectivity index (χ1n) is 13.3. The highest BCUT2D eigenvalue weighted by molar-refractivity contribution is 5.98. The smallest absolute Gasteiger partial charge is 0.410 e. The minimum Gasteiger partial charge on any atom is -0.444 e. The number of rotatable bonds is 5. The topological polar surface area (TPSA) is 101 Å². The fraction of sp³-hybridized carbons (Fsp3) is 0.400. The molecule has 3 aromatic rings. The number of alkyl halides is 2. The molecule has 3 atom stereocenters. The van der Waals surface area contributed by atoms with Crippen molar-refractivity contribution in [1.29, 1.82) is 0 Å². The number of nitrogens with zero attached hydrogens (tertiary/aromatic N) is 2. The van der Waals surface area contributed by atoms with Crippen LogP contribution >= 0.6 is 0 Å². The second-order valence-electron chi connectivity index (χ2n) is 11.5. The Morgan fingerprint density at radius 3 is 2.62 bits per heavy atom. The van der Waals surface area contributed by atoms with Crippen LogP contribution in [0.2, 0.25) is 0 Å². The highest BCUT2D eigenvalue weighted by Gasteiger charge is 2.48. The first kappa shape index (κ1) is 27.5. The summed E-state index contributed by atoms with van der Waals surface area (Å²) < 4.78 is 35.0. The molecule has 0 spiro atoms. The minimum absolute atomic E-state index is 0.0441. The van der Waals surface area contributed by atoms with Gasteiger partial charge >= 0.3 is 6.09 Å². The highest BCUT2D eigenvalue weighted by atomic mass is 19.3. The van der Waals surface area contributed by atoms with Crippen molar-refractivity contribution in [2.75, 3.05) is 18.4 Å². The largest absolute Gasteiger partial charge is 0.444 e. The van der Waals surface area contributed by atoms with Crippen LogP contribution in [0, 0.1) is 5.92 Å². The van der Waals surface area contributed by atoms with Gasteiger partial charge in [-0.1, -0.05) is 18.2 Å². The number of nitrogens with one attached hydrogen (secondary N) is 2. The lowest BCUT2D eigenvalue weighted by molar-refractivity contribution is -0.117. The van der Waals surface area contributed by atoms with Crippen LogP contribution < -0.4 is 10.6 Å². The second-order valence-corrected chi connectivity index (χ2v) is 11.5. The van der Waals surface area contributed by atoms with Crippen molar-refractivity contribution in [2.24, 2.45) is 5.92 Å². The summed E-state index contributed by atoms with van der Waals surface area (Å²) in [5.41, 5.74) is 0.958. The van der Waals surface area contributed by atoms with E-state index in [2.05, 4.69) is 15.6 Å². The lowest BCUT2D eigenvalue weighted by atomic mass is 9.99. The van der Waals surface area contributed by atoms with E-state index >= 15 is 0 Å². The molecule has 1 saturated carbocycles. The number of hydrogen-bond donors (Lipinski definition) is 2. The summed E-state index contributed by atoms with van der Waals surface area (Å²) in [5, 5.41) is 7.36. The third kappa shape index (κ3) is 6.21. The Morgan fingerprint density at radius 1 is 1.07 bits per heavy atom. The van der Waals surface area contributed by atoms with Crippen LogP contribution in [0.5, 0.6) is 0 Å². The molecule has 10 heteroatoms. The molecule has 5 rings (SSSR count). The summed E-state index contributed by atoms with van der Waals surface area (Å²) in [6, 6.07) is 12.8. The average Bonchev–Trinajstić information content (AvgIpc) is 3.70. The average molecular weight is 551 g/mol. The number of ether oxygens (including phenoxy) is 1. The van der Waals surface area contributed by atoms with Gasteiger partial charge in [-0.05, 0) is 80.8 Å². The monoisotopic (exact) mass is 550 g/mol. The van der Waals surface area contributed by atoms with Gasteiger partial charge in [-0.3, -0.25) is 14.6 Å². The minimum atomic E-state index is -3.32. The van der Waals surface area contributed by atoms with E-state index in [1.165, 1.54) is 0 Å². The van der Waals surface area contributed by atoms with Crippen molar-refractivity contribution in [2.45, 2.75) is 57.1 Å². The molecular formula is C30H32F2N4O4. The molecular weight excluding hydrogens is 518 g/mol. The van der Waals surface area contributed by atoms with Crippen molar-refractivity contribution in [3.8, 4) is 0 Å². The number of amides is 3. The van der Waals surface area contributed by atoms with Crippen molar-refractivity contribution in [1.82, 2.24) is 15.2 Å². The molecule has 2 fully saturated rings. The zero-order chi connectivity index (χ0) is 28.7. The van der Waals surface area contributed by atoms with Crippen LogP contribution in [0.1, 0.15) is 55.5 Å².